The molecule has 146 valence electrons. The van der Waals surface area contributed by atoms with Gasteiger partial charge in [-0.25, -0.2) is 12.8 Å². The Morgan fingerprint density at radius 3 is 2.67 bits per heavy atom. The fourth-order valence-corrected chi connectivity index (χ4v) is 4.67. The van der Waals surface area contributed by atoms with Gasteiger partial charge in [0.1, 0.15) is 11.9 Å². The van der Waals surface area contributed by atoms with Crippen LogP contribution in [0.3, 0.4) is 0 Å². The van der Waals surface area contributed by atoms with Gasteiger partial charge in [-0.3, -0.25) is 9.48 Å². The zero-order chi connectivity index (χ0) is 19.6. The number of amides is 1. The number of benzene rings is 1. The number of alkyl halides is 1. The summed E-state index contributed by atoms with van der Waals surface area (Å²) in [6.07, 6.45) is 0.0593. The highest BCUT2D eigenvalue weighted by molar-refractivity contribution is 7.89. The number of nitrogens with two attached hydrogens (primary N) is 1. The Morgan fingerprint density at radius 1 is 1.37 bits per heavy atom. The van der Waals surface area contributed by atoms with E-state index in [2.05, 4.69) is 10.3 Å². The van der Waals surface area contributed by atoms with Crippen molar-refractivity contribution in [3.05, 3.63) is 36.2 Å². The molecule has 1 saturated heterocycles. The molecule has 1 aromatic carbocycles. The van der Waals surface area contributed by atoms with E-state index in [0.717, 1.165) is 4.31 Å². The van der Waals surface area contributed by atoms with E-state index in [9.17, 15) is 17.6 Å². The number of ether oxygens (including phenoxy) is 1. The molecule has 0 saturated carbocycles. The summed E-state index contributed by atoms with van der Waals surface area (Å²) in [6.45, 7) is 2.12. The van der Waals surface area contributed by atoms with Crippen LogP contribution in [0.25, 0.3) is 0 Å². The summed E-state index contributed by atoms with van der Waals surface area (Å²) < 4.78 is 47.7. The van der Waals surface area contributed by atoms with Crippen molar-refractivity contribution in [1.82, 2.24) is 19.3 Å². The van der Waals surface area contributed by atoms with Crippen molar-refractivity contribution in [1.29, 1.82) is 0 Å². The van der Waals surface area contributed by atoms with E-state index >= 15 is 0 Å². The van der Waals surface area contributed by atoms with Crippen LogP contribution in [0.15, 0.2) is 35.4 Å². The lowest BCUT2D eigenvalue weighted by Gasteiger charge is -2.23. The SMILES string of the molecule is CCOc1ccc(S(=O)(=O)N2C[C@@H](F)C[C@H]2Cn2cc(C(N)=O)nn2)cc1. The first-order valence-corrected chi connectivity index (χ1v) is 9.84. The van der Waals surface area contributed by atoms with Gasteiger partial charge in [0.15, 0.2) is 5.69 Å². The van der Waals surface area contributed by atoms with E-state index in [0.29, 0.717) is 12.4 Å². The van der Waals surface area contributed by atoms with Gasteiger partial charge in [0.25, 0.3) is 5.91 Å². The van der Waals surface area contributed by atoms with Crippen molar-refractivity contribution in [3.8, 4) is 5.75 Å². The number of carbonyl (C=O) groups excluding carboxylic acids is 1. The number of sulfonamides is 1. The monoisotopic (exact) mass is 397 g/mol. The van der Waals surface area contributed by atoms with Crippen LogP contribution in [-0.2, 0) is 16.6 Å². The lowest BCUT2D eigenvalue weighted by atomic mass is 10.2. The smallest absolute Gasteiger partial charge is 0.270 e. The molecular formula is C16H20FN5O4S. The highest BCUT2D eigenvalue weighted by atomic mass is 32.2. The molecule has 1 amide bonds. The molecule has 0 bridgehead atoms. The van der Waals surface area contributed by atoms with Crippen molar-refractivity contribution in [2.75, 3.05) is 13.2 Å². The molecule has 0 spiro atoms. The second-order valence-electron chi connectivity index (χ2n) is 6.16. The molecule has 11 heteroatoms. The fourth-order valence-electron chi connectivity index (χ4n) is 3.02. The largest absolute Gasteiger partial charge is 0.494 e. The summed E-state index contributed by atoms with van der Waals surface area (Å²) in [5.41, 5.74) is 5.10. The molecule has 1 fully saturated rings. The van der Waals surface area contributed by atoms with Crippen LogP contribution in [0, 0.1) is 0 Å². The first-order chi connectivity index (χ1) is 12.8. The predicted octanol–water partition coefficient (Wildman–Crippen LogP) is 0.577. The number of halogens is 1. The fraction of sp³-hybridized carbons (Fsp3) is 0.438. The van der Waals surface area contributed by atoms with E-state index in [-0.39, 0.29) is 30.1 Å². The quantitative estimate of drug-likeness (QED) is 0.729. The number of carbonyl (C=O) groups is 1. The number of aromatic nitrogens is 3. The molecule has 1 aliphatic heterocycles. The lowest BCUT2D eigenvalue weighted by Crippen LogP contribution is -2.38. The molecule has 1 aromatic heterocycles. The molecule has 1 aliphatic rings. The van der Waals surface area contributed by atoms with Crippen molar-refractivity contribution in [2.45, 2.75) is 37.0 Å². The number of nitrogens with zero attached hydrogens (tertiary/aromatic N) is 4. The molecule has 3 rings (SSSR count). The first kappa shape index (κ1) is 19.2. The maximum absolute atomic E-state index is 14.0. The van der Waals surface area contributed by atoms with Crippen LogP contribution in [-0.4, -0.2) is 59.0 Å². The van der Waals surface area contributed by atoms with Gasteiger partial charge >= 0.3 is 0 Å². The van der Waals surface area contributed by atoms with Crippen molar-refractivity contribution >= 4 is 15.9 Å². The third-order valence-electron chi connectivity index (χ3n) is 4.24. The maximum Gasteiger partial charge on any atom is 0.270 e. The molecule has 27 heavy (non-hydrogen) atoms. The van der Waals surface area contributed by atoms with E-state index < -0.39 is 28.1 Å². The minimum Gasteiger partial charge on any atom is -0.494 e. The molecule has 0 aliphatic carbocycles. The molecule has 9 nitrogen and oxygen atoms in total. The van der Waals surface area contributed by atoms with Crippen LogP contribution in [0.1, 0.15) is 23.8 Å². The Balaban J connectivity index is 1.82. The molecule has 2 aromatic rings. The highest BCUT2D eigenvalue weighted by Gasteiger charge is 2.40. The van der Waals surface area contributed by atoms with Crippen LogP contribution in [0.2, 0.25) is 0 Å². The molecule has 0 unspecified atom stereocenters. The van der Waals surface area contributed by atoms with Crippen molar-refractivity contribution in [2.24, 2.45) is 5.73 Å². The molecule has 2 heterocycles. The number of rotatable bonds is 7. The van der Waals surface area contributed by atoms with Crippen LogP contribution in [0.4, 0.5) is 4.39 Å². The number of hydrogen-bond acceptors (Lipinski definition) is 6. The van der Waals surface area contributed by atoms with Crippen molar-refractivity contribution in [3.63, 3.8) is 0 Å². The van der Waals surface area contributed by atoms with E-state index in [1.165, 1.54) is 23.0 Å². The van der Waals surface area contributed by atoms with Gasteiger partial charge in [0.05, 0.1) is 24.2 Å². The van der Waals surface area contributed by atoms with E-state index in [1.54, 1.807) is 12.1 Å². The molecule has 2 N–H and O–H groups in total. The van der Waals surface area contributed by atoms with E-state index in [1.807, 2.05) is 6.92 Å². The summed E-state index contributed by atoms with van der Waals surface area (Å²) in [5, 5.41) is 7.36. The molecule has 0 radical (unpaired) electrons. The zero-order valence-corrected chi connectivity index (χ0v) is 15.5. The second-order valence-corrected chi connectivity index (χ2v) is 8.05. The zero-order valence-electron chi connectivity index (χ0n) is 14.7. The predicted molar refractivity (Wildman–Crippen MR) is 93.3 cm³/mol. The number of hydrogen-bond donors (Lipinski definition) is 1. The summed E-state index contributed by atoms with van der Waals surface area (Å²) in [7, 11) is -3.90. The topological polar surface area (TPSA) is 120 Å². The van der Waals surface area contributed by atoms with Gasteiger partial charge in [0.2, 0.25) is 10.0 Å². The maximum atomic E-state index is 14.0. The summed E-state index contributed by atoms with van der Waals surface area (Å²) in [6, 6.07) is 5.34. The van der Waals surface area contributed by atoms with Crippen LogP contribution >= 0.6 is 0 Å². The average molecular weight is 397 g/mol. The van der Waals surface area contributed by atoms with Gasteiger partial charge in [-0.1, -0.05) is 5.21 Å². The Bertz CT molecular complexity index is 915. The van der Waals surface area contributed by atoms with Gasteiger partial charge in [-0.2, -0.15) is 4.31 Å². The minimum atomic E-state index is -3.90. The minimum absolute atomic E-state index is 0.0298. The Kier molecular flexibility index (Phi) is 5.42. The lowest BCUT2D eigenvalue weighted by molar-refractivity contribution is 0.0995. The Hall–Kier alpha value is -2.53. The summed E-state index contributed by atoms with van der Waals surface area (Å²) >= 11 is 0. The summed E-state index contributed by atoms with van der Waals surface area (Å²) in [4.78, 5) is 11.2. The van der Waals surface area contributed by atoms with Crippen LogP contribution in [0.5, 0.6) is 5.75 Å². The first-order valence-electron chi connectivity index (χ1n) is 8.40. The van der Waals surface area contributed by atoms with Gasteiger partial charge in [-0.05, 0) is 37.6 Å². The molecular weight excluding hydrogens is 377 g/mol. The Labute approximate surface area is 155 Å². The summed E-state index contributed by atoms with van der Waals surface area (Å²) in [5.74, 6) is -0.186. The van der Waals surface area contributed by atoms with Gasteiger partial charge in [-0.15, -0.1) is 5.10 Å². The standard InChI is InChI=1S/C16H20FN5O4S/c1-2-26-13-3-5-14(6-4-13)27(24,25)22-8-11(17)7-12(22)9-21-10-15(16(18)23)19-20-21/h3-6,10-12H,2,7-9H2,1H3,(H2,18,23)/t11-,12-/m0/s1. The van der Waals surface area contributed by atoms with E-state index in [4.69, 9.17) is 10.5 Å². The van der Waals surface area contributed by atoms with Crippen molar-refractivity contribution < 1.29 is 22.3 Å². The third kappa shape index (κ3) is 4.08. The Morgan fingerprint density at radius 2 is 2.07 bits per heavy atom. The normalized spacial score (nSPS) is 20.7. The van der Waals surface area contributed by atoms with Gasteiger partial charge in [0, 0.05) is 12.6 Å². The third-order valence-corrected chi connectivity index (χ3v) is 6.18. The van der Waals surface area contributed by atoms with Gasteiger partial charge < -0.3 is 10.5 Å². The number of primary amides is 1. The molecule has 2 atom stereocenters. The second kappa shape index (κ2) is 7.61. The van der Waals surface area contributed by atoms with Crippen LogP contribution < -0.4 is 10.5 Å². The average Bonchev–Trinajstić information content (AvgIpc) is 3.23. The highest BCUT2D eigenvalue weighted by Crippen LogP contribution is 2.29.